The Hall–Kier alpha value is -2.82. The second-order valence-electron chi connectivity index (χ2n) is 9.74. The average Bonchev–Trinajstić information content (AvgIpc) is 3.35. The Morgan fingerprint density at radius 3 is 2.57 bits per heavy atom. The van der Waals surface area contributed by atoms with E-state index in [1.807, 2.05) is 42.5 Å². The van der Waals surface area contributed by atoms with Crippen LogP contribution in [0.5, 0.6) is 0 Å². The minimum absolute atomic E-state index is 0.0213. The van der Waals surface area contributed by atoms with Gasteiger partial charge in [0, 0.05) is 43.1 Å². The Kier molecular flexibility index (Phi) is 9.65. The second kappa shape index (κ2) is 13.1. The molecule has 0 aliphatic carbocycles. The van der Waals surface area contributed by atoms with E-state index >= 15 is 0 Å². The third-order valence-electron chi connectivity index (χ3n) is 7.00. The van der Waals surface area contributed by atoms with Gasteiger partial charge in [0.25, 0.3) is 0 Å². The van der Waals surface area contributed by atoms with Crippen LogP contribution in [0, 0.1) is 0 Å². The molecule has 4 N–H and O–H groups in total. The van der Waals surface area contributed by atoms with Crippen molar-refractivity contribution >= 4 is 17.6 Å². The molecule has 4 rings (SSSR count). The van der Waals surface area contributed by atoms with Gasteiger partial charge in [0.05, 0.1) is 25.4 Å². The highest BCUT2D eigenvalue weighted by Crippen LogP contribution is 2.39. The summed E-state index contributed by atoms with van der Waals surface area (Å²) in [6.07, 6.45) is 2.05. The van der Waals surface area contributed by atoms with E-state index in [9.17, 15) is 19.8 Å². The summed E-state index contributed by atoms with van der Waals surface area (Å²) >= 11 is 0. The van der Waals surface area contributed by atoms with Crippen LogP contribution >= 0.6 is 0 Å². The number of ether oxygens (including phenoxy) is 2. The molecular formula is C28H36N2O7. The number of aliphatic carboxylic acids is 1. The topological polar surface area (TPSA) is 129 Å². The molecule has 4 atom stereocenters. The monoisotopic (exact) mass is 512 g/mol. The second-order valence-corrected chi connectivity index (χ2v) is 9.74. The summed E-state index contributed by atoms with van der Waals surface area (Å²) in [5, 5.41) is 30.8. The highest BCUT2D eigenvalue weighted by atomic mass is 16.7. The molecule has 2 fully saturated rings. The summed E-state index contributed by atoms with van der Waals surface area (Å²) in [6.45, 7) is 1.73. The van der Waals surface area contributed by atoms with Gasteiger partial charge in [-0.25, -0.2) is 0 Å². The van der Waals surface area contributed by atoms with Crippen LogP contribution in [0.4, 0.5) is 5.69 Å². The van der Waals surface area contributed by atoms with Crippen LogP contribution in [-0.2, 0) is 25.7 Å². The van der Waals surface area contributed by atoms with E-state index in [1.165, 1.54) is 0 Å². The number of amides is 1. The van der Waals surface area contributed by atoms with E-state index < -0.39 is 12.3 Å². The van der Waals surface area contributed by atoms with Crippen LogP contribution in [0.15, 0.2) is 48.5 Å². The Morgan fingerprint density at radius 1 is 1.03 bits per heavy atom. The summed E-state index contributed by atoms with van der Waals surface area (Å²) in [7, 11) is 0. The molecule has 9 heteroatoms. The number of hydrogen-bond donors (Lipinski definition) is 4. The summed E-state index contributed by atoms with van der Waals surface area (Å²) in [4.78, 5) is 25.3. The number of carboxylic acids is 1. The lowest BCUT2D eigenvalue weighted by Crippen LogP contribution is -2.42. The molecule has 0 radical (unpaired) electrons. The summed E-state index contributed by atoms with van der Waals surface area (Å²) in [6, 6.07) is 15.2. The number of nitrogens with zero attached hydrogens (tertiary/aromatic N) is 1. The zero-order valence-electron chi connectivity index (χ0n) is 20.9. The van der Waals surface area contributed by atoms with Crippen LogP contribution in [-0.4, -0.2) is 63.9 Å². The average molecular weight is 513 g/mol. The molecule has 2 aliphatic rings. The fraction of sp³-hybridized carbons (Fsp3) is 0.500. The molecule has 2 aliphatic heterocycles. The molecule has 2 heterocycles. The summed E-state index contributed by atoms with van der Waals surface area (Å²) in [5.41, 5.74) is 3.19. The van der Waals surface area contributed by atoms with E-state index in [4.69, 9.17) is 14.6 Å². The third-order valence-corrected chi connectivity index (χ3v) is 7.00. The number of aliphatic hydroxyl groups excluding tert-OH is 2. The van der Waals surface area contributed by atoms with Crippen molar-refractivity contribution in [3.63, 3.8) is 0 Å². The van der Waals surface area contributed by atoms with Crippen molar-refractivity contribution in [2.24, 2.45) is 0 Å². The van der Waals surface area contributed by atoms with E-state index in [2.05, 4.69) is 10.2 Å². The smallest absolute Gasteiger partial charge is 0.303 e. The van der Waals surface area contributed by atoms with Crippen molar-refractivity contribution in [1.29, 1.82) is 0 Å². The molecule has 0 bridgehead atoms. The maximum Gasteiger partial charge on any atom is 0.303 e. The molecule has 37 heavy (non-hydrogen) atoms. The van der Waals surface area contributed by atoms with Gasteiger partial charge in [-0.05, 0) is 49.1 Å². The first-order chi connectivity index (χ1) is 17.9. The maximum absolute atomic E-state index is 12.3. The zero-order valence-corrected chi connectivity index (χ0v) is 20.9. The van der Waals surface area contributed by atoms with Gasteiger partial charge < -0.3 is 30.1 Å². The minimum atomic E-state index is -0.921. The van der Waals surface area contributed by atoms with Crippen molar-refractivity contribution in [3.05, 3.63) is 65.2 Å². The van der Waals surface area contributed by atoms with E-state index in [1.54, 1.807) is 6.07 Å². The van der Waals surface area contributed by atoms with E-state index in [0.29, 0.717) is 18.7 Å². The van der Waals surface area contributed by atoms with Crippen molar-refractivity contribution in [3.8, 4) is 0 Å². The van der Waals surface area contributed by atoms with Gasteiger partial charge in [-0.15, -0.1) is 0 Å². The Labute approximate surface area is 217 Å². The summed E-state index contributed by atoms with van der Waals surface area (Å²) in [5.74, 6) is -1.16. The van der Waals surface area contributed by atoms with Crippen LogP contribution in [0.2, 0.25) is 0 Å². The molecule has 9 nitrogen and oxygen atoms in total. The lowest BCUT2D eigenvalue weighted by molar-refractivity contribution is -0.253. The molecule has 0 aromatic heterocycles. The quantitative estimate of drug-likeness (QED) is 0.361. The van der Waals surface area contributed by atoms with Crippen molar-refractivity contribution in [1.82, 2.24) is 4.90 Å². The van der Waals surface area contributed by atoms with Crippen LogP contribution in [0.1, 0.15) is 67.6 Å². The minimum Gasteiger partial charge on any atom is -0.481 e. The Balaban J connectivity index is 1.49. The fourth-order valence-corrected chi connectivity index (χ4v) is 5.02. The Morgan fingerprint density at radius 2 is 1.84 bits per heavy atom. The first-order valence-electron chi connectivity index (χ1n) is 12.9. The largest absolute Gasteiger partial charge is 0.481 e. The third kappa shape index (κ3) is 7.59. The number of hydrogen-bond acceptors (Lipinski definition) is 7. The molecule has 0 spiro atoms. The standard InChI is InChI=1S/C28H36N2O7/c31-17-19-9-11-20(12-10-19)25-15-24(16-30-13-3-6-23(30)18-32)36-28(37-25)21-4-1-5-22(14-21)29-26(33)7-2-8-27(34)35/h1,4-5,9-12,14,23-25,28,31-32H,2-3,6-8,13,15-18H2,(H,29,33)(H,34,35)/t23-,24+,25-,28-/m0/s1. The molecule has 0 saturated carbocycles. The number of rotatable bonds is 11. The predicted octanol–water partition coefficient (Wildman–Crippen LogP) is 3.37. The lowest BCUT2D eigenvalue weighted by atomic mass is 9.99. The van der Waals surface area contributed by atoms with E-state index in [-0.39, 0.29) is 56.6 Å². The van der Waals surface area contributed by atoms with Gasteiger partial charge in [0.1, 0.15) is 0 Å². The van der Waals surface area contributed by atoms with E-state index in [0.717, 1.165) is 36.1 Å². The lowest BCUT2D eigenvalue weighted by Gasteiger charge is -2.38. The normalized spacial score (nSPS) is 24.2. The van der Waals surface area contributed by atoms with Crippen LogP contribution < -0.4 is 5.32 Å². The molecule has 0 unspecified atom stereocenters. The number of aliphatic hydroxyl groups is 2. The van der Waals surface area contributed by atoms with Gasteiger partial charge >= 0.3 is 5.97 Å². The maximum atomic E-state index is 12.3. The first-order valence-corrected chi connectivity index (χ1v) is 12.9. The SMILES string of the molecule is O=C(O)CCCC(=O)Nc1cccc([C@H]2O[C@@H](CN3CCC[C@H]3CO)C[C@@H](c3ccc(CO)cc3)O2)c1. The number of carboxylic acid groups (broad SMARTS) is 1. The van der Waals surface area contributed by atoms with Gasteiger partial charge in [-0.2, -0.15) is 0 Å². The highest BCUT2D eigenvalue weighted by Gasteiger charge is 2.35. The first kappa shape index (κ1) is 27.2. The van der Waals surface area contributed by atoms with Crippen molar-refractivity contribution < 1.29 is 34.4 Å². The highest BCUT2D eigenvalue weighted by molar-refractivity contribution is 5.90. The summed E-state index contributed by atoms with van der Waals surface area (Å²) < 4.78 is 12.8. The van der Waals surface area contributed by atoms with Gasteiger partial charge in [-0.3, -0.25) is 14.5 Å². The number of nitrogens with one attached hydrogen (secondary N) is 1. The number of benzene rings is 2. The Bertz CT molecular complexity index is 1050. The molecule has 1 amide bonds. The van der Waals surface area contributed by atoms with Gasteiger partial charge in [0.2, 0.25) is 5.91 Å². The molecule has 200 valence electrons. The predicted molar refractivity (Wildman–Crippen MR) is 137 cm³/mol. The van der Waals surface area contributed by atoms with Gasteiger partial charge in [-0.1, -0.05) is 36.4 Å². The number of carbonyl (C=O) groups is 2. The fourth-order valence-electron chi connectivity index (χ4n) is 5.02. The number of anilines is 1. The zero-order chi connectivity index (χ0) is 26.2. The number of likely N-dealkylation sites (tertiary alicyclic amines) is 1. The van der Waals surface area contributed by atoms with Crippen molar-refractivity contribution in [2.45, 2.75) is 69.7 Å². The van der Waals surface area contributed by atoms with Crippen molar-refractivity contribution in [2.75, 3.05) is 25.0 Å². The molecule has 2 aromatic carbocycles. The van der Waals surface area contributed by atoms with Crippen LogP contribution in [0.3, 0.4) is 0 Å². The molecule has 2 saturated heterocycles. The van der Waals surface area contributed by atoms with Crippen LogP contribution in [0.25, 0.3) is 0 Å². The van der Waals surface area contributed by atoms with Gasteiger partial charge in [0.15, 0.2) is 6.29 Å². The molecule has 2 aromatic rings. The molecular weight excluding hydrogens is 476 g/mol. The number of carbonyl (C=O) groups excluding carboxylic acids is 1.